The molecule has 2 amide bonds. The van der Waals surface area contributed by atoms with Crippen molar-refractivity contribution in [3.05, 3.63) is 36.0 Å². The van der Waals surface area contributed by atoms with Gasteiger partial charge in [-0.25, -0.2) is 14.2 Å². The van der Waals surface area contributed by atoms with E-state index in [0.717, 1.165) is 0 Å². The van der Waals surface area contributed by atoms with Crippen molar-refractivity contribution in [3.63, 3.8) is 0 Å². The van der Waals surface area contributed by atoms with Crippen molar-refractivity contribution in [1.29, 1.82) is 0 Å². The highest BCUT2D eigenvalue weighted by atomic mass is 19.1. The molecule has 7 nitrogen and oxygen atoms in total. The van der Waals surface area contributed by atoms with Gasteiger partial charge in [-0.3, -0.25) is 4.79 Å². The molecule has 2 aromatic rings. The van der Waals surface area contributed by atoms with Crippen molar-refractivity contribution in [3.8, 4) is 0 Å². The summed E-state index contributed by atoms with van der Waals surface area (Å²) in [6.07, 6.45) is 2.42. The number of halogens is 1. The number of imidazole rings is 1. The van der Waals surface area contributed by atoms with Gasteiger partial charge in [-0.1, -0.05) is 0 Å². The number of pyridine rings is 1. The number of ether oxygens (including phenoxy) is 1. The van der Waals surface area contributed by atoms with E-state index in [-0.39, 0.29) is 17.7 Å². The third kappa shape index (κ3) is 3.89. The highest BCUT2D eigenvalue weighted by molar-refractivity contribution is 5.93. The summed E-state index contributed by atoms with van der Waals surface area (Å²) in [7, 11) is 0. The summed E-state index contributed by atoms with van der Waals surface area (Å²) in [5.41, 5.74) is 0.226. The molecule has 3 heterocycles. The van der Waals surface area contributed by atoms with Gasteiger partial charge in [0.15, 0.2) is 0 Å². The molecule has 0 saturated carbocycles. The van der Waals surface area contributed by atoms with Gasteiger partial charge in [0.2, 0.25) is 0 Å². The van der Waals surface area contributed by atoms with E-state index in [4.69, 9.17) is 4.74 Å². The van der Waals surface area contributed by atoms with Gasteiger partial charge in [-0.2, -0.15) is 0 Å². The minimum Gasteiger partial charge on any atom is -0.444 e. The van der Waals surface area contributed by atoms with Gasteiger partial charge in [-0.05, 0) is 32.9 Å². The van der Waals surface area contributed by atoms with Crippen molar-refractivity contribution < 1.29 is 18.7 Å². The maximum atomic E-state index is 13.2. The van der Waals surface area contributed by atoms with Gasteiger partial charge in [0.1, 0.15) is 22.8 Å². The Kier molecular flexibility index (Phi) is 4.36. The Morgan fingerprint density at radius 3 is 2.36 bits per heavy atom. The second kappa shape index (κ2) is 6.34. The lowest BCUT2D eigenvalue weighted by Gasteiger charge is -2.35. The van der Waals surface area contributed by atoms with Crippen LogP contribution >= 0.6 is 0 Å². The first-order chi connectivity index (χ1) is 11.7. The number of nitrogens with zero attached hydrogens (tertiary/aromatic N) is 4. The Balaban J connectivity index is 1.63. The summed E-state index contributed by atoms with van der Waals surface area (Å²) < 4.78 is 20.1. The fourth-order valence-electron chi connectivity index (χ4n) is 2.65. The third-order valence-corrected chi connectivity index (χ3v) is 3.85. The van der Waals surface area contributed by atoms with Crippen molar-refractivity contribution in [1.82, 2.24) is 19.2 Å². The first-order valence-corrected chi connectivity index (χ1v) is 8.14. The summed E-state index contributed by atoms with van der Waals surface area (Å²) in [6.45, 7) is 7.07. The summed E-state index contributed by atoms with van der Waals surface area (Å²) in [6, 6.07) is 2.82. The number of hydrogen-bond donors (Lipinski definition) is 0. The van der Waals surface area contributed by atoms with Gasteiger partial charge >= 0.3 is 6.09 Å². The van der Waals surface area contributed by atoms with Crippen molar-refractivity contribution in [2.24, 2.45) is 0 Å². The predicted octanol–water partition coefficient (Wildman–Crippen LogP) is 2.17. The quantitative estimate of drug-likeness (QED) is 0.792. The number of piperazine rings is 1. The second-order valence-corrected chi connectivity index (χ2v) is 7.00. The SMILES string of the molecule is CC(C)(C)OC(=O)N1CCN(C(=O)c2cn3cc(F)ccc3n2)CC1. The van der Waals surface area contributed by atoms with E-state index in [1.807, 2.05) is 20.8 Å². The molecular weight excluding hydrogens is 327 g/mol. The zero-order valence-electron chi connectivity index (χ0n) is 14.5. The average molecular weight is 348 g/mol. The summed E-state index contributed by atoms with van der Waals surface area (Å²) in [4.78, 5) is 32.1. The van der Waals surface area contributed by atoms with Crippen molar-refractivity contribution in [2.45, 2.75) is 26.4 Å². The average Bonchev–Trinajstić information content (AvgIpc) is 2.95. The van der Waals surface area contributed by atoms with Crippen LogP contribution in [-0.2, 0) is 4.74 Å². The first kappa shape index (κ1) is 17.2. The summed E-state index contributed by atoms with van der Waals surface area (Å²) in [5.74, 6) is -0.622. The smallest absolute Gasteiger partial charge is 0.410 e. The van der Waals surface area contributed by atoms with Gasteiger partial charge in [0.05, 0.1) is 0 Å². The van der Waals surface area contributed by atoms with Crippen LogP contribution in [0, 0.1) is 5.82 Å². The Morgan fingerprint density at radius 2 is 1.72 bits per heavy atom. The molecule has 0 aliphatic carbocycles. The van der Waals surface area contributed by atoms with Gasteiger partial charge in [0, 0.05) is 38.6 Å². The molecule has 1 saturated heterocycles. The summed E-state index contributed by atoms with van der Waals surface area (Å²) in [5, 5.41) is 0. The fourth-order valence-corrected chi connectivity index (χ4v) is 2.65. The van der Waals surface area contributed by atoms with Crippen LogP contribution in [-0.4, -0.2) is 63.0 Å². The molecule has 1 aliphatic heterocycles. The van der Waals surface area contributed by atoms with Crippen LogP contribution in [0.2, 0.25) is 0 Å². The molecule has 0 spiro atoms. The fraction of sp³-hybridized carbons (Fsp3) is 0.471. The molecule has 0 atom stereocenters. The Labute approximate surface area is 145 Å². The molecular formula is C17H21FN4O3. The van der Waals surface area contributed by atoms with E-state index in [2.05, 4.69) is 4.98 Å². The molecule has 1 fully saturated rings. The maximum absolute atomic E-state index is 13.2. The van der Waals surface area contributed by atoms with Crippen LogP contribution in [0.3, 0.4) is 0 Å². The number of aromatic nitrogens is 2. The van der Waals surface area contributed by atoms with Crippen molar-refractivity contribution >= 4 is 17.6 Å². The second-order valence-electron chi connectivity index (χ2n) is 7.00. The number of carbonyl (C=O) groups excluding carboxylic acids is 2. The van der Waals surface area contributed by atoms with Crippen LogP contribution in [0.1, 0.15) is 31.3 Å². The maximum Gasteiger partial charge on any atom is 0.410 e. The van der Waals surface area contributed by atoms with Crippen LogP contribution in [0.15, 0.2) is 24.5 Å². The van der Waals surface area contributed by atoms with Crippen LogP contribution in [0.5, 0.6) is 0 Å². The molecule has 8 heteroatoms. The van der Waals surface area contributed by atoms with Crippen LogP contribution in [0.25, 0.3) is 5.65 Å². The molecule has 3 rings (SSSR count). The number of hydrogen-bond acceptors (Lipinski definition) is 4. The predicted molar refractivity (Wildman–Crippen MR) is 88.9 cm³/mol. The third-order valence-electron chi connectivity index (χ3n) is 3.85. The Hall–Kier alpha value is -2.64. The molecule has 0 bridgehead atoms. The van der Waals surface area contributed by atoms with E-state index < -0.39 is 11.4 Å². The normalized spacial score (nSPS) is 15.5. The Morgan fingerprint density at radius 1 is 1.08 bits per heavy atom. The molecule has 25 heavy (non-hydrogen) atoms. The number of fused-ring (bicyclic) bond motifs is 1. The molecule has 2 aromatic heterocycles. The lowest BCUT2D eigenvalue weighted by Crippen LogP contribution is -2.51. The molecule has 134 valence electrons. The van der Waals surface area contributed by atoms with E-state index in [1.54, 1.807) is 9.80 Å². The zero-order chi connectivity index (χ0) is 18.2. The van der Waals surface area contributed by atoms with E-state index in [1.165, 1.54) is 28.9 Å². The van der Waals surface area contributed by atoms with E-state index in [0.29, 0.717) is 31.8 Å². The van der Waals surface area contributed by atoms with Crippen molar-refractivity contribution in [2.75, 3.05) is 26.2 Å². The zero-order valence-corrected chi connectivity index (χ0v) is 14.5. The highest BCUT2D eigenvalue weighted by Gasteiger charge is 2.28. The molecule has 0 radical (unpaired) electrons. The lowest BCUT2D eigenvalue weighted by molar-refractivity contribution is 0.0140. The minimum atomic E-state index is -0.546. The Bertz CT molecular complexity index is 804. The molecule has 0 aromatic carbocycles. The minimum absolute atomic E-state index is 0.229. The number of amides is 2. The lowest BCUT2D eigenvalue weighted by atomic mass is 10.2. The topological polar surface area (TPSA) is 67.2 Å². The van der Waals surface area contributed by atoms with E-state index in [9.17, 15) is 14.0 Å². The standard InChI is InChI=1S/C17H21FN4O3/c1-17(2,3)25-16(24)21-8-6-20(7-9-21)15(23)13-11-22-10-12(18)4-5-14(22)19-13/h4-5,10-11H,6-9H2,1-3H3. The highest BCUT2D eigenvalue weighted by Crippen LogP contribution is 2.14. The van der Waals surface area contributed by atoms with Crippen LogP contribution < -0.4 is 0 Å². The van der Waals surface area contributed by atoms with Crippen LogP contribution in [0.4, 0.5) is 9.18 Å². The largest absolute Gasteiger partial charge is 0.444 e. The number of rotatable bonds is 1. The molecule has 0 N–H and O–H groups in total. The number of carbonyl (C=O) groups is 2. The monoisotopic (exact) mass is 348 g/mol. The van der Waals surface area contributed by atoms with E-state index >= 15 is 0 Å². The summed E-state index contributed by atoms with van der Waals surface area (Å²) >= 11 is 0. The van der Waals surface area contributed by atoms with Gasteiger partial charge in [-0.15, -0.1) is 0 Å². The molecule has 0 unspecified atom stereocenters. The van der Waals surface area contributed by atoms with Gasteiger partial charge < -0.3 is 18.9 Å². The molecule has 1 aliphatic rings. The van der Waals surface area contributed by atoms with Gasteiger partial charge in [0.25, 0.3) is 5.91 Å². The first-order valence-electron chi connectivity index (χ1n) is 8.14.